The summed E-state index contributed by atoms with van der Waals surface area (Å²) in [7, 11) is 0. The van der Waals surface area contributed by atoms with E-state index in [0.717, 1.165) is 5.56 Å². The van der Waals surface area contributed by atoms with E-state index in [4.69, 9.17) is 23.8 Å². The monoisotopic (exact) mass is 432 g/mol. The first-order valence-corrected chi connectivity index (χ1v) is 8.79. The third-order valence-electron chi connectivity index (χ3n) is 3.54. The third kappa shape index (κ3) is 6.54. The average molecular weight is 433 g/mol. The average Bonchev–Trinajstić information content (AvgIpc) is 2.63. The fraction of sp³-hybridized carbons (Fsp3) is 0.235. The number of hydrazine groups is 1. The molecule has 150 valence electrons. The predicted molar refractivity (Wildman–Crippen MR) is 103 cm³/mol. The number of aromatic nitrogens is 1. The molecule has 0 spiro atoms. The van der Waals surface area contributed by atoms with Gasteiger partial charge in [-0.25, -0.2) is 0 Å². The van der Waals surface area contributed by atoms with Gasteiger partial charge in [0.25, 0.3) is 11.5 Å². The SMILES string of the molecule is O=C(Cn1cc(C(F)(F)F)cc(Cl)c1=O)NNC(=S)NCCc1ccccc1. The summed E-state index contributed by atoms with van der Waals surface area (Å²) >= 11 is 10.5. The molecule has 0 aliphatic carbocycles. The van der Waals surface area contributed by atoms with E-state index < -0.39 is 34.8 Å². The number of halogens is 4. The molecule has 1 amide bonds. The summed E-state index contributed by atoms with van der Waals surface area (Å²) in [5, 5.41) is 2.36. The minimum atomic E-state index is -4.70. The van der Waals surface area contributed by atoms with Gasteiger partial charge in [-0.3, -0.25) is 20.4 Å². The molecule has 3 N–H and O–H groups in total. The van der Waals surface area contributed by atoms with Gasteiger partial charge in [0.15, 0.2) is 5.11 Å². The van der Waals surface area contributed by atoms with Gasteiger partial charge in [-0.15, -0.1) is 0 Å². The number of amides is 1. The molecule has 0 saturated heterocycles. The number of carbonyl (C=O) groups excluding carboxylic acids is 1. The van der Waals surface area contributed by atoms with Crippen molar-refractivity contribution in [2.45, 2.75) is 19.1 Å². The van der Waals surface area contributed by atoms with Crippen LogP contribution in [0.2, 0.25) is 5.02 Å². The lowest BCUT2D eigenvalue weighted by molar-refractivity contribution is -0.138. The lowest BCUT2D eigenvalue weighted by Gasteiger charge is -2.14. The second-order valence-electron chi connectivity index (χ2n) is 5.67. The molecule has 2 aromatic rings. The Bertz CT molecular complexity index is 904. The normalized spacial score (nSPS) is 11.0. The molecule has 0 saturated carbocycles. The largest absolute Gasteiger partial charge is 0.417 e. The lowest BCUT2D eigenvalue weighted by atomic mass is 10.1. The van der Waals surface area contributed by atoms with Gasteiger partial charge < -0.3 is 9.88 Å². The van der Waals surface area contributed by atoms with Crippen LogP contribution in [0.3, 0.4) is 0 Å². The Morgan fingerprint density at radius 3 is 2.50 bits per heavy atom. The number of pyridine rings is 1. The van der Waals surface area contributed by atoms with E-state index in [2.05, 4.69) is 16.2 Å². The third-order valence-corrected chi connectivity index (χ3v) is 4.06. The number of rotatable bonds is 5. The Morgan fingerprint density at radius 1 is 1.18 bits per heavy atom. The molecule has 1 aromatic heterocycles. The highest BCUT2D eigenvalue weighted by molar-refractivity contribution is 7.80. The Balaban J connectivity index is 1.84. The van der Waals surface area contributed by atoms with Gasteiger partial charge in [0.1, 0.15) is 11.6 Å². The zero-order chi connectivity index (χ0) is 20.7. The van der Waals surface area contributed by atoms with Crippen molar-refractivity contribution >= 4 is 34.8 Å². The van der Waals surface area contributed by atoms with Crippen LogP contribution in [0.5, 0.6) is 0 Å². The number of hydrogen-bond acceptors (Lipinski definition) is 3. The van der Waals surface area contributed by atoms with Gasteiger partial charge in [-0.1, -0.05) is 41.9 Å². The molecule has 0 bridgehead atoms. The summed E-state index contributed by atoms with van der Waals surface area (Å²) in [6.45, 7) is -0.156. The fourth-order valence-corrected chi connectivity index (χ4v) is 2.58. The van der Waals surface area contributed by atoms with Gasteiger partial charge >= 0.3 is 6.18 Å². The number of benzene rings is 1. The Kier molecular flexibility index (Phi) is 7.41. The van der Waals surface area contributed by atoms with Crippen molar-refractivity contribution in [2.24, 2.45) is 0 Å². The van der Waals surface area contributed by atoms with E-state index in [-0.39, 0.29) is 5.11 Å². The van der Waals surface area contributed by atoms with Crippen LogP contribution < -0.4 is 21.7 Å². The number of hydrogen-bond donors (Lipinski definition) is 3. The smallest absolute Gasteiger partial charge is 0.361 e. The molecule has 0 atom stereocenters. The molecule has 2 rings (SSSR count). The van der Waals surface area contributed by atoms with Crippen LogP contribution in [0.1, 0.15) is 11.1 Å². The summed E-state index contributed by atoms with van der Waals surface area (Å²) in [5.74, 6) is -0.773. The van der Waals surface area contributed by atoms with E-state index in [1.807, 2.05) is 30.3 Å². The van der Waals surface area contributed by atoms with E-state index >= 15 is 0 Å². The Hall–Kier alpha value is -2.59. The first-order chi connectivity index (χ1) is 13.2. The zero-order valence-electron chi connectivity index (χ0n) is 14.3. The second kappa shape index (κ2) is 9.56. The minimum Gasteiger partial charge on any atom is -0.361 e. The maximum Gasteiger partial charge on any atom is 0.417 e. The van der Waals surface area contributed by atoms with Crippen molar-refractivity contribution < 1.29 is 18.0 Å². The minimum absolute atomic E-state index is 0.124. The van der Waals surface area contributed by atoms with Gasteiger partial charge in [-0.2, -0.15) is 13.2 Å². The molecule has 0 unspecified atom stereocenters. The molecule has 11 heteroatoms. The molecule has 0 aliphatic heterocycles. The van der Waals surface area contributed by atoms with Gasteiger partial charge in [0, 0.05) is 12.7 Å². The van der Waals surface area contributed by atoms with E-state index in [0.29, 0.717) is 29.8 Å². The van der Waals surface area contributed by atoms with Crippen LogP contribution in [-0.4, -0.2) is 22.1 Å². The summed E-state index contributed by atoms with van der Waals surface area (Å²) in [5.41, 5.74) is 3.69. The number of nitrogens with one attached hydrogen (secondary N) is 3. The summed E-state index contributed by atoms with van der Waals surface area (Å²) in [4.78, 5) is 23.7. The number of alkyl halides is 3. The highest BCUT2D eigenvalue weighted by Crippen LogP contribution is 2.29. The number of thiocarbonyl (C=S) groups is 1. The van der Waals surface area contributed by atoms with Crippen molar-refractivity contribution in [3.63, 3.8) is 0 Å². The molecular formula is C17H16ClF3N4O2S. The topological polar surface area (TPSA) is 75.2 Å². The summed E-state index contributed by atoms with van der Waals surface area (Å²) < 4.78 is 39.0. The second-order valence-corrected chi connectivity index (χ2v) is 6.49. The quantitative estimate of drug-likeness (QED) is 0.499. The molecular weight excluding hydrogens is 417 g/mol. The van der Waals surface area contributed by atoms with Crippen LogP contribution >= 0.6 is 23.8 Å². The first kappa shape index (κ1) is 21.7. The lowest BCUT2D eigenvalue weighted by Crippen LogP contribution is -2.48. The van der Waals surface area contributed by atoms with E-state index in [1.165, 1.54) is 0 Å². The van der Waals surface area contributed by atoms with E-state index in [1.54, 1.807) is 0 Å². The zero-order valence-corrected chi connectivity index (χ0v) is 15.9. The van der Waals surface area contributed by atoms with Crippen LogP contribution in [0, 0.1) is 0 Å². The summed E-state index contributed by atoms with van der Waals surface area (Å²) in [6.07, 6.45) is -3.46. The number of nitrogens with zero attached hydrogens (tertiary/aromatic N) is 1. The summed E-state index contributed by atoms with van der Waals surface area (Å²) in [6, 6.07) is 10.2. The molecule has 1 aromatic carbocycles. The predicted octanol–water partition coefficient (Wildman–Crippen LogP) is 2.26. The van der Waals surface area contributed by atoms with Gasteiger partial charge in [0.05, 0.1) is 5.56 Å². The van der Waals surface area contributed by atoms with Crippen LogP contribution in [0.25, 0.3) is 0 Å². The standard InChI is InChI=1S/C17H16ClF3N4O2S/c18-13-8-12(17(19,20)21)9-25(15(13)27)10-14(26)23-24-16(28)22-7-6-11-4-2-1-3-5-11/h1-5,8-9H,6-7,10H2,(H,23,26)(H2,22,24,28). The number of carbonyl (C=O) groups is 1. The van der Waals surface area contributed by atoms with Crippen molar-refractivity contribution in [1.29, 1.82) is 0 Å². The molecule has 0 aliphatic rings. The maximum absolute atomic E-state index is 12.8. The van der Waals surface area contributed by atoms with Crippen molar-refractivity contribution in [3.05, 3.63) is 69.1 Å². The molecule has 28 heavy (non-hydrogen) atoms. The highest BCUT2D eigenvalue weighted by atomic mass is 35.5. The molecule has 0 radical (unpaired) electrons. The first-order valence-electron chi connectivity index (χ1n) is 8.00. The van der Waals surface area contributed by atoms with E-state index in [9.17, 15) is 22.8 Å². The Labute approximate surface area is 168 Å². The van der Waals surface area contributed by atoms with Crippen molar-refractivity contribution in [1.82, 2.24) is 20.7 Å². The Morgan fingerprint density at radius 2 is 1.86 bits per heavy atom. The maximum atomic E-state index is 12.8. The fourth-order valence-electron chi connectivity index (χ4n) is 2.20. The van der Waals surface area contributed by atoms with Crippen molar-refractivity contribution in [2.75, 3.05) is 6.54 Å². The van der Waals surface area contributed by atoms with Crippen LogP contribution in [-0.2, 0) is 23.9 Å². The highest BCUT2D eigenvalue weighted by Gasteiger charge is 2.32. The molecule has 1 heterocycles. The van der Waals surface area contributed by atoms with Crippen LogP contribution in [0.4, 0.5) is 13.2 Å². The van der Waals surface area contributed by atoms with Crippen molar-refractivity contribution in [3.8, 4) is 0 Å². The van der Waals surface area contributed by atoms with Gasteiger partial charge in [-0.05, 0) is 30.3 Å². The molecule has 6 nitrogen and oxygen atoms in total. The van der Waals surface area contributed by atoms with Crippen LogP contribution in [0.15, 0.2) is 47.4 Å². The van der Waals surface area contributed by atoms with Gasteiger partial charge in [0.2, 0.25) is 0 Å². The molecule has 0 fully saturated rings.